The summed E-state index contributed by atoms with van der Waals surface area (Å²) in [5, 5.41) is 10.0. The Labute approximate surface area is 119 Å². The molecule has 1 aromatic rings. The van der Waals surface area contributed by atoms with Gasteiger partial charge in [-0.05, 0) is 37.5 Å². The molecule has 0 bridgehead atoms. The number of halogens is 1. The molecule has 2 atom stereocenters. The van der Waals surface area contributed by atoms with E-state index in [-0.39, 0.29) is 18.5 Å². The molecule has 0 radical (unpaired) electrons. The quantitative estimate of drug-likeness (QED) is 0.842. The highest BCUT2D eigenvalue weighted by molar-refractivity contribution is 5.36. The first-order valence-electron chi connectivity index (χ1n) is 7.42. The fraction of sp³-hybridized carbons (Fsp3) is 0.625. The summed E-state index contributed by atoms with van der Waals surface area (Å²) in [6.45, 7) is 2.03. The van der Waals surface area contributed by atoms with Crippen molar-refractivity contribution in [3.05, 3.63) is 29.6 Å². The van der Waals surface area contributed by atoms with Crippen LogP contribution in [0.3, 0.4) is 0 Å². The Morgan fingerprint density at radius 1 is 1.40 bits per heavy atom. The average molecular weight is 281 g/mol. The Bertz CT molecular complexity index is 430. The Morgan fingerprint density at radius 3 is 2.75 bits per heavy atom. The van der Waals surface area contributed by atoms with Crippen molar-refractivity contribution in [2.45, 2.75) is 51.2 Å². The van der Waals surface area contributed by atoms with Gasteiger partial charge in [-0.15, -0.1) is 0 Å². The second kappa shape index (κ2) is 7.04. The standard InChI is InChI=1S/C16H24FNO2/c1-11(18)15-9-13(17)6-7-16(15)20-10-14(19)8-12-4-2-3-5-12/h6-7,9,11-12,14,19H,2-5,8,10,18H2,1H3/t11-,14?/m0/s1. The van der Waals surface area contributed by atoms with Gasteiger partial charge in [-0.2, -0.15) is 0 Å². The van der Waals surface area contributed by atoms with Gasteiger partial charge in [-0.1, -0.05) is 25.7 Å². The molecule has 0 saturated heterocycles. The molecule has 2 rings (SSSR count). The zero-order chi connectivity index (χ0) is 14.5. The van der Waals surface area contributed by atoms with Gasteiger partial charge in [0, 0.05) is 11.6 Å². The van der Waals surface area contributed by atoms with Gasteiger partial charge in [-0.3, -0.25) is 0 Å². The number of rotatable bonds is 6. The molecule has 0 spiro atoms. The largest absolute Gasteiger partial charge is 0.491 e. The average Bonchev–Trinajstić information content (AvgIpc) is 2.90. The van der Waals surface area contributed by atoms with Crippen LogP contribution >= 0.6 is 0 Å². The molecule has 1 saturated carbocycles. The fourth-order valence-corrected chi connectivity index (χ4v) is 2.89. The summed E-state index contributed by atoms with van der Waals surface area (Å²) < 4.78 is 18.8. The van der Waals surface area contributed by atoms with Crippen LogP contribution in [-0.2, 0) is 0 Å². The summed E-state index contributed by atoms with van der Waals surface area (Å²) in [5.74, 6) is 0.859. The van der Waals surface area contributed by atoms with Crippen LogP contribution in [0, 0.1) is 11.7 Å². The van der Waals surface area contributed by atoms with E-state index in [1.165, 1.54) is 37.8 Å². The van der Waals surface area contributed by atoms with E-state index in [9.17, 15) is 9.50 Å². The lowest BCUT2D eigenvalue weighted by Crippen LogP contribution is -2.21. The van der Waals surface area contributed by atoms with Crippen molar-refractivity contribution in [3.8, 4) is 5.75 Å². The highest BCUT2D eigenvalue weighted by Gasteiger charge is 2.19. The van der Waals surface area contributed by atoms with Gasteiger partial charge in [0.2, 0.25) is 0 Å². The van der Waals surface area contributed by atoms with Crippen molar-refractivity contribution in [3.63, 3.8) is 0 Å². The number of aliphatic hydroxyl groups is 1. The van der Waals surface area contributed by atoms with Crippen LogP contribution in [0.1, 0.15) is 50.6 Å². The molecule has 112 valence electrons. The maximum Gasteiger partial charge on any atom is 0.124 e. The third kappa shape index (κ3) is 4.18. The molecule has 1 fully saturated rings. The maximum absolute atomic E-state index is 13.2. The lowest BCUT2D eigenvalue weighted by molar-refractivity contribution is 0.0849. The van der Waals surface area contributed by atoms with Crippen LogP contribution in [-0.4, -0.2) is 17.8 Å². The van der Waals surface area contributed by atoms with E-state index in [1.54, 1.807) is 13.0 Å². The summed E-state index contributed by atoms with van der Waals surface area (Å²) >= 11 is 0. The van der Waals surface area contributed by atoms with Crippen molar-refractivity contribution in [2.24, 2.45) is 11.7 Å². The van der Waals surface area contributed by atoms with Crippen molar-refractivity contribution in [1.82, 2.24) is 0 Å². The number of ether oxygens (including phenoxy) is 1. The predicted molar refractivity (Wildman–Crippen MR) is 77.1 cm³/mol. The molecule has 1 aromatic carbocycles. The highest BCUT2D eigenvalue weighted by Crippen LogP contribution is 2.29. The Kier molecular flexibility index (Phi) is 5.38. The number of hydrogen-bond donors (Lipinski definition) is 2. The van der Waals surface area contributed by atoms with Gasteiger partial charge in [-0.25, -0.2) is 4.39 Å². The van der Waals surface area contributed by atoms with E-state index in [4.69, 9.17) is 10.5 Å². The molecule has 0 heterocycles. The van der Waals surface area contributed by atoms with Crippen LogP contribution in [0.15, 0.2) is 18.2 Å². The monoisotopic (exact) mass is 281 g/mol. The minimum absolute atomic E-state index is 0.238. The molecule has 0 amide bonds. The summed E-state index contributed by atoms with van der Waals surface area (Å²) in [7, 11) is 0. The Balaban J connectivity index is 1.89. The van der Waals surface area contributed by atoms with Gasteiger partial charge in [0.15, 0.2) is 0 Å². The van der Waals surface area contributed by atoms with Gasteiger partial charge < -0.3 is 15.6 Å². The SMILES string of the molecule is C[C@H](N)c1cc(F)ccc1OCC(O)CC1CCCC1. The molecular weight excluding hydrogens is 257 g/mol. The van der Waals surface area contributed by atoms with Crippen molar-refractivity contribution >= 4 is 0 Å². The predicted octanol–water partition coefficient (Wildman–Crippen LogP) is 3.17. The first kappa shape index (κ1) is 15.3. The number of aliphatic hydroxyl groups excluding tert-OH is 1. The highest BCUT2D eigenvalue weighted by atomic mass is 19.1. The molecule has 0 aromatic heterocycles. The lowest BCUT2D eigenvalue weighted by Gasteiger charge is -2.18. The molecule has 1 aliphatic rings. The van der Waals surface area contributed by atoms with Gasteiger partial charge in [0.1, 0.15) is 18.2 Å². The molecular formula is C16H24FNO2. The molecule has 3 N–H and O–H groups in total. The van der Waals surface area contributed by atoms with Gasteiger partial charge in [0.25, 0.3) is 0 Å². The fourth-order valence-electron chi connectivity index (χ4n) is 2.89. The topological polar surface area (TPSA) is 55.5 Å². The summed E-state index contributed by atoms with van der Waals surface area (Å²) in [6, 6.07) is 4.03. The van der Waals surface area contributed by atoms with E-state index in [2.05, 4.69) is 0 Å². The lowest BCUT2D eigenvalue weighted by atomic mass is 10.0. The smallest absolute Gasteiger partial charge is 0.124 e. The first-order valence-corrected chi connectivity index (χ1v) is 7.42. The van der Waals surface area contributed by atoms with Crippen LogP contribution in [0.25, 0.3) is 0 Å². The second-order valence-corrected chi connectivity index (χ2v) is 5.82. The van der Waals surface area contributed by atoms with Crippen LogP contribution < -0.4 is 10.5 Å². The Morgan fingerprint density at radius 2 is 2.10 bits per heavy atom. The van der Waals surface area contributed by atoms with Crippen molar-refractivity contribution < 1.29 is 14.2 Å². The second-order valence-electron chi connectivity index (χ2n) is 5.82. The molecule has 0 aliphatic heterocycles. The minimum atomic E-state index is -0.468. The Hall–Kier alpha value is -1.13. The zero-order valence-electron chi connectivity index (χ0n) is 12.0. The maximum atomic E-state index is 13.2. The summed E-state index contributed by atoms with van der Waals surface area (Å²) in [6.07, 6.45) is 5.27. The van der Waals surface area contributed by atoms with Gasteiger partial charge in [0.05, 0.1) is 6.10 Å². The third-order valence-electron chi connectivity index (χ3n) is 3.97. The normalized spacial score (nSPS) is 19.0. The number of benzene rings is 1. The van der Waals surface area contributed by atoms with Crippen LogP contribution in [0.4, 0.5) is 4.39 Å². The molecule has 1 aliphatic carbocycles. The molecule has 1 unspecified atom stereocenters. The molecule has 4 heteroatoms. The summed E-state index contributed by atoms with van der Waals surface area (Å²) in [4.78, 5) is 0. The van der Waals surface area contributed by atoms with E-state index in [0.717, 1.165) is 6.42 Å². The van der Waals surface area contributed by atoms with E-state index in [1.807, 2.05) is 0 Å². The van der Waals surface area contributed by atoms with Crippen molar-refractivity contribution in [2.75, 3.05) is 6.61 Å². The third-order valence-corrected chi connectivity index (χ3v) is 3.97. The van der Waals surface area contributed by atoms with Crippen molar-refractivity contribution in [1.29, 1.82) is 0 Å². The molecule has 3 nitrogen and oxygen atoms in total. The number of nitrogens with two attached hydrogens (primary N) is 1. The van der Waals surface area contributed by atoms with E-state index in [0.29, 0.717) is 17.2 Å². The van der Waals surface area contributed by atoms with Crippen LogP contribution in [0.2, 0.25) is 0 Å². The summed E-state index contributed by atoms with van der Waals surface area (Å²) in [5.41, 5.74) is 6.45. The minimum Gasteiger partial charge on any atom is -0.491 e. The zero-order valence-corrected chi connectivity index (χ0v) is 12.0. The van der Waals surface area contributed by atoms with Crippen LogP contribution in [0.5, 0.6) is 5.75 Å². The molecule has 20 heavy (non-hydrogen) atoms. The first-order chi connectivity index (χ1) is 9.56. The van der Waals surface area contributed by atoms with E-state index >= 15 is 0 Å². The van der Waals surface area contributed by atoms with E-state index < -0.39 is 6.10 Å². The number of hydrogen-bond acceptors (Lipinski definition) is 3. The van der Waals surface area contributed by atoms with Gasteiger partial charge >= 0.3 is 0 Å².